The third kappa shape index (κ3) is 5.53. The highest BCUT2D eigenvalue weighted by atomic mass is 35.5. The number of morpholine rings is 1. The number of amides is 1. The first-order valence-corrected chi connectivity index (χ1v) is 6.23. The zero-order chi connectivity index (χ0) is 14.6. The summed E-state index contributed by atoms with van der Waals surface area (Å²) in [7, 11) is 0. The van der Waals surface area contributed by atoms with Crippen molar-refractivity contribution < 1.29 is 22.7 Å². The summed E-state index contributed by atoms with van der Waals surface area (Å²) in [5.41, 5.74) is 0.209. The molecule has 0 aromatic heterocycles. The maximum absolute atomic E-state index is 12.5. The topological polar surface area (TPSA) is 50.4 Å². The van der Waals surface area contributed by atoms with Gasteiger partial charge in [-0.05, 0) is 11.6 Å². The summed E-state index contributed by atoms with van der Waals surface area (Å²) in [4.78, 5) is 11.9. The highest BCUT2D eigenvalue weighted by Crippen LogP contribution is 2.26. The molecule has 0 spiro atoms. The Hall–Kier alpha value is -1.31. The van der Waals surface area contributed by atoms with Gasteiger partial charge in [0.05, 0.1) is 13.0 Å². The Morgan fingerprint density at radius 1 is 1.38 bits per heavy atom. The van der Waals surface area contributed by atoms with Crippen LogP contribution in [0.25, 0.3) is 0 Å². The standard InChI is InChI=1S/C13H15F3N2O2.ClH/c14-13(15,16)7-9-3-1-2-4-10(9)18-12(19)11-8-17-5-6-20-11;/h1-4,11,17H,5-8H2,(H,18,19);1H. The summed E-state index contributed by atoms with van der Waals surface area (Å²) in [5.74, 6) is -0.438. The normalized spacial score (nSPS) is 18.7. The summed E-state index contributed by atoms with van der Waals surface area (Å²) in [6.07, 6.45) is -6.07. The van der Waals surface area contributed by atoms with Crippen LogP contribution < -0.4 is 10.6 Å². The van der Waals surface area contributed by atoms with E-state index in [9.17, 15) is 18.0 Å². The molecule has 0 saturated carbocycles. The summed E-state index contributed by atoms with van der Waals surface area (Å²) >= 11 is 0. The Morgan fingerprint density at radius 3 is 2.71 bits per heavy atom. The zero-order valence-corrected chi connectivity index (χ0v) is 11.9. The first-order chi connectivity index (χ1) is 9.46. The Bertz CT molecular complexity index is 477. The van der Waals surface area contributed by atoms with Crippen molar-refractivity contribution in [2.45, 2.75) is 18.7 Å². The molecule has 0 radical (unpaired) electrons. The van der Waals surface area contributed by atoms with Crippen LogP contribution in [0, 0.1) is 0 Å². The number of carbonyl (C=O) groups excluding carboxylic acids is 1. The van der Waals surface area contributed by atoms with Gasteiger partial charge in [0.2, 0.25) is 0 Å². The lowest BCUT2D eigenvalue weighted by Gasteiger charge is -2.23. The molecule has 1 aromatic rings. The molecule has 118 valence electrons. The SMILES string of the molecule is Cl.O=C(Nc1ccccc1CC(F)(F)F)C1CNCCO1. The van der Waals surface area contributed by atoms with Gasteiger partial charge in [-0.3, -0.25) is 4.79 Å². The number of para-hydroxylation sites is 1. The molecule has 2 N–H and O–H groups in total. The third-order valence-corrected chi connectivity index (χ3v) is 2.89. The number of nitrogens with one attached hydrogen (secondary N) is 2. The molecule has 1 aliphatic heterocycles. The van der Waals surface area contributed by atoms with Crippen molar-refractivity contribution >= 4 is 24.0 Å². The number of carbonyl (C=O) groups is 1. The molecule has 1 heterocycles. The van der Waals surface area contributed by atoms with E-state index >= 15 is 0 Å². The lowest BCUT2D eigenvalue weighted by molar-refractivity contribution is -0.129. The Morgan fingerprint density at radius 2 is 2.10 bits per heavy atom. The van der Waals surface area contributed by atoms with Gasteiger partial charge in [-0.15, -0.1) is 12.4 Å². The number of hydrogen-bond donors (Lipinski definition) is 2. The number of ether oxygens (including phenoxy) is 1. The second-order valence-corrected chi connectivity index (χ2v) is 4.50. The van der Waals surface area contributed by atoms with E-state index in [0.717, 1.165) is 0 Å². The van der Waals surface area contributed by atoms with Gasteiger partial charge in [-0.2, -0.15) is 13.2 Å². The molecular weight excluding hydrogens is 309 g/mol. The van der Waals surface area contributed by atoms with Crippen LogP contribution in [0.2, 0.25) is 0 Å². The number of alkyl halides is 3. The van der Waals surface area contributed by atoms with Gasteiger partial charge in [-0.25, -0.2) is 0 Å². The molecule has 2 rings (SSSR count). The van der Waals surface area contributed by atoms with Crippen LogP contribution in [-0.2, 0) is 16.0 Å². The molecule has 8 heteroatoms. The molecule has 1 fully saturated rings. The number of rotatable bonds is 3. The number of halogens is 4. The van der Waals surface area contributed by atoms with Gasteiger partial charge in [0, 0.05) is 18.8 Å². The van der Waals surface area contributed by atoms with E-state index in [0.29, 0.717) is 19.7 Å². The Kier molecular flexibility index (Phi) is 6.44. The molecule has 1 aromatic carbocycles. The molecule has 1 unspecified atom stereocenters. The predicted molar refractivity (Wildman–Crippen MR) is 74.7 cm³/mol. The summed E-state index contributed by atoms with van der Waals surface area (Å²) in [5, 5.41) is 5.49. The minimum absolute atomic E-state index is 0. The average molecular weight is 325 g/mol. The number of benzene rings is 1. The summed E-state index contributed by atoms with van der Waals surface area (Å²) in [6.45, 7) is 1.42. The molecule has 0 bridgehead atoms. The predicted octanol–water partition coefficient (Wildman–Crippen LogP) is 2.14. The first-order valence-electron chi connectivity index (χ1n) is 6.23. The zero-order valence-electron chi connectivity index (χ0n) is 11.1. The van der Waals surface area contributed by atoms with Crippen LogP contribution in [0.3, 0.4) is 0 Å². The van der Waals surface area contributed by atoms with Crippen LogP contribution in [0.4, 0.5) is 18.9 Å². The highest BCUT2D eigenvalue weighted by Gasteiger charge is 2.29. The minimum atomic E-state index is -4.32. The second-order valence-electron chi connectivity index (χ2n) is 4.50. The van der Waals surface area contributed by atoms with E-state index in [1.165, 1.54) is 18.2 Å². The molecule has 0 aliphatic carbocycles. The van der Waals surface area contributed by atoms with Gasteiger partial charge in [0.15, 0.2) is 0 Å². The number of hydrogen-bond acceptors (Lipinski definition) is 3. The molecule has 4 nitrogen and oxygen atoms in total. The summed E-state index contributed by atoms with van der Waals surface area (Å²) < 4.78 is 42.7. The first kappa shape index (κ1) is 17.7. The average Bonchev–Trinajstić information content (AvgIpc) is 2.40. The Balaban J connectivity index is 0.00000220. The fourth-order valence-corrected chi connectivity index (χ4v) is 1.96. The third-order valence-electron chi connectivity index (χ3n) is 2.89. The molecule has 1 atom stereocenters. The van der Waals surface area contributed by atoms with Gasteiger partial charge in [0.25, 0.3) is 5.91 Å². The van der Waals surface area contributed by atoms with Crippen molar-refractivity contribution in [2.24, 2.45) is 0 Å². The minimum Gasteiger partial charge on any atom is -0.366 e. The fraction of sp³-hybridized carbons (Fsp3) is 0.462. The van der Waals surface area contributed by atoms with Crippen molar-refractivity contribution in [3.63, 3.8) is 0 Å². The molecule has 1 amide bonds. The maximum atomic E-state index is 12.5. The van der Waals surface area contributed by atoms with Gasteiger partial charge in [0.1, 0.15) is 6.10 Å². The van der Waals surface area contributed by atoms with Gasteiger partial charge in [-0.1, -0.05) is 18.2 Å². The van der Waals surface area contributed by atoms with E-state index in [-0.39, 0.29) is 23.7 Å². The van der Waals surface area contributed by atoms with Crippen LogP contribution in [0.1, 0.15) is 5.56 Å². The van der Waals surface area contributed by atoms with Crippen molar-refractivity contribution in [1.29, 1.82) is 0 Å². The van der Waals surface area contributed by atoms with Gasteiger partial charge >= 0.3 is 6.18 Å². The van der Waals surface area contributed by atoms with Crippen molar-refractivity contribution in [2.75, 3.05) is 25.0 Å². The van der Waals surface area contributed by atoms with Crippen LogP contribution in [-0.4, -0.2) is 37.9 Å². The lowest BCUT2D eigenvalue weighted by Crippen LogP contribution is -2.45. The van der Waals surface area contributed by atoms with E-state index in [1.807, 2.05) is 0 Å². The van der Waals surface area contributed by atoms with Gasteiger partial charge < -0.3 is 15.4 Å². The molecule has 1 aliphatic rings. The van der Waals surface area contributed by atoms with Crippen molar-refractivity contribution in [1.82, 2.24) is 5.32 Å². The van der Waals surface area contributed by atoms with Crippen LogP contribution in [0.15, 0.2) is 24.3 Å². The second kappa shape index (κ2) is 7.63. The largest absolute Gasteiger partial charge is 0.393 e. The highest BCUT2D eigenvalue weighted by molar-refractivity contribution is 5.95. The van der Waals surface area contributed by atoms with E-state index < -0.39 is 24.6 Å². The maximum Gasteiger partial charge on any atom is 0.393 e. The molecule has 21 heavy (non-hydrogen) atoms. The van der Waals surface area contributed by atoms with Crippen molar-refractivity contribution in [3.8, 4) is 0 Å². The monoisotopic (exact) mass is 324 g/mol. The summed E-state index contributed by atoms with van der Waals surface area (Å²) in [6, 6.07) is 5.89. The van der Waals surface area contributed by atoms with E-state index in [1.54, 1.807) is 6.07 Å². The van der Waals surface area contributed by atoms with E-state index in [2.05, 4.69) is 10.6 Å². The smallest absolute Gasteiger partial charge is 0.366 e. The number of anilines is 1. The quantitative estimate of drug-likeness (QED) is 0.895. The van der Waals surface area contributed by atoms with Crippen LogP contribution in [0.5, 0.6) is 0 Å². The Labute approximate surface area is 126 Å². The fourth-order valence-electron chi connectivity index (χ4n) is 1.96. The van der Waals surface area contributed by atoms with E-state index in [4.69, 9.17) is 4.74 Å². The van der Waals surface area contributed by atoms with Crippen LogP contribution >= 0.6 is 12.4 Å². The lowest BCUT2D eigenvalue weighted by atomic mass is 10.1. The molecular formula is C13H16ClF3N2O2. The van der Waals surface area contributed by atoms with Crippen molar-refractivity contribution in [3.05, 3.63) is 29.8 Å². The molecule has 1 saturated heterocycles.